The fraction of sp³-hybridized carbons (Fsp3) is 0.562. The van der Waals surface area contributed by atoms with Gasteiger partial charge in [0.25, 0.3) is 5.91 Å². The van der Waals surface area contributed by atoms with Gasteiger partial charge in [-0.2, -0.15) is 5.10 Å². The Bertz CT molecular complexity index is 662. The molecule has 3 heterocycles. The van der Waals surface area contributed by atoms with E-state index in [-0.39, 0.29) is 11.3 Å². The molecule has 0 spiro atoms. The van der Waals surface area contributed by atoms with Gasteiger partial charge in [0.2, 0.25) is 0 Å². The van der Waals surface area contributed by atoms with E-state index >= 15 is 0 Å². The molecule has 2 aromatic heterocycles. The SMILES string of the molecule is CN(C)C(=O)c1cn[nH]c1[C@]1(C)CCCN(Cc2cnc[nH]2)C1. The van der Waals surface area contributed by atoms with Gasteiger partial charge in [-0.15, -0.1) is 0 Å². The number of hydrogen-bond donors (Lipinski definition) is 2. The number of rotatable bonds is 4. The zero-order chi connectivity index (χ0) is 16.4. The number of imidazole rings is 1. The Morgan fingerprint density at radius 3 is 2.96 bits per heavy atom. The summed E-state index contributed by atoms with van der Waals surface area (Å²) in [6, 6.07) is 0. The van der Waals surface area contributed by atoms with Gasteiger partial charge in [0.1, 0.15) is 0 Å². The molecule has 0 radical (unpaired) electrons. The molecule has 1 amide bonds. The van der Waals surface area contributed by atoms with Crippen LogP contribution < -0.4 is 0 Å². The van der Waals surface area contributed by atoms with Gasteiger partial charge >= 0.3 is 0 Å². The molecule has 0 saturated carbocycles. The molecule has 3 rings (SSSR count). The van der Waals surface area contributed by atoms with E-state index in [4.69, 9.17) is 0 Å². The molecular formula is C16H24N6O. The highest BCUT2D eigenvalue weighted by molar-refractivity contribution is 5.95. The summed E-state index contributed by atoms with van der Waals surface area (Å²) in [5.41, 5.74) is 2.64. The first-order chi connectivity index (χ1) is 11.0. The summed E-state index contributed by atoms with van der Waals surface area (Å²) in [4.78, 5) is 23.6. The Balaban J connectivity index is 1.81. The topological polar surface area (TPSA) is 80.9 Å². The summed E-state index contributed by atoms with van der Waals surface area (Å²) in [6.07, 6.45) is 7.36. The van der Waals surface area contributed by atoms with Crippen LogP contribution in [-0.4, -0.2) is 63.1 Å². The number of hydrogen-bond acceptors (Lipinski definition) is 4. The van der Waals surface area contributed by atoms with Crippen LogP contribution in [0.5, 0.6) is 0 Å². The molecule has 7 heteroatoms. The fourth-order valence-corrected chi connectivity index (χ4v) is 3.44. The highest BCUT2D eigenvalue weighted by Gasteiger charge is 2.37. The molecule has 1 atom stereocenters. The fourth-order valence-electron chi connectivity index (χ4n) is 3.44. The number of aromatic nitrogens is 4. The molecule has 1 aliphatic rings. The number of H-pyrrole nitrogens is 2. The van der Waals surface area contributed by atoms with Gasteiger partial charge < -0.3 is 9.88 Å². The van der Waals surface area contributed by atoms with Gasteiger partial charge in [0.05, 0.1) is 23.8 Å². The Labute approximate surface area is 136 Å². The van der Waals surface area contributed by atoms with Crippen molar-refractivity contribution in [3.63, 3.8) is 0 Å². The normalized spacial score (nSPS) is 22.2. The van der Waals surface area contributed by atoms with E-state index in [0.29, 0.717) is 5.56 Å². The predicted octanol–water partition coefficient (Wildman–Crippen LogP) is 1.39. The average molecular weight is 316 g/mol. The van der Waals surface area contributed by atoms with E-state index in [9.17, 15) is 4.79 Å². The van der Waals surface area contributed by atoms with Crippen LogP contribution in [0.25, 0.3) is 0 Å². The lowest BCUT2D eigenvalue weighted by molar-refractivity contribution is 0.0820. The van der Waals surface area contributed by atoms with Crippen molar-refractivity contribution in [3.05, 3.63) is 35.7 Å². The Morgan fingerprint density at radius 2 is 2.26 bits per heavy atom. The van der Waals surface area contributed by atoms with Gasteiger partial charge in [-0.25, -0.2) is 4.98 Å². The maximum atomic E-state index is 12.4. The molecule has 7 nitrogen and oxygen atoms in total. The average Bonchev–Trinajstić information content (AvgIpc) is 3.17. The maximum absolute atomic E-state index is 12.4. The van der Waals surface area contributed by atoms with Crippen LogP contribution in [0, 0.1) is 0 Å². The van der Waals surface area contributed by atoms with Crippen LogP contribution in [0.15, 0.2) is 18.7 Å². The van der Waals surface area contributed by atoms with Crippen molar-refractivity contribution in [2.45, 2.75) is 31.7 Å². The minimum absolute atomic E-state index is 0.000617. The molecule has 0 unspecified atom stereocenters. The van der Waals surface area contributed by atoms with Gasteiger partial charge in [-0.1, -0.05) is 6.92 Å². The lowest BCUT2D eigenvalue weighted by Crippen LogP contribution is -2.45. The molecule has 2 aromatic rings. The minimum atomic E-state index is -0.101. The van der Waals surface area contributed by atoms with E-state index in [1.165, 1.54) is 0 Å². The number of likely N-dealkylation sites (tertiary alicyclic amines) is 1. The maximum Gasteiger partial charge on any atom is 0.256 e. The highest BCUT2D eigenvalue weighted by Crippen LogP contribution is 2.35. The van der Waals surface area contributed by atoms with E-state index in [2.05, 4.69) is 32.0 Å². The molecule has 0 aromatic carbocycles. The third-order valence-electron chi connectivity index (χ3n) is 4.60. The number of piperidine rings is 1. The van der Waals surface area contributed by atoms with Crippen LogP contribution >= 0.6 is 0 Å². The Morgan fingerprint density at radius 1 is 1.43 bits per heavy atom. The summed E-state index contributed by atoms with van der Waals surface area (Å²) in [7, 11) is 3.54. The molecule has 1 fully saturated rings. The second kappa shape index (κ2) is 6.16. The Kier molecular flexibility index (Phi) is 4.21. The van der Waals surface area contributed by atoms with Gasteiger partial charge in [-0.05, 0) is 19.4 Å². The van der Waals surface area contributed by atoms with E-state index in [1.54, 1.807) is 31.5 Å². The third kappa shape index (κ3) is 3.14. The van der Waals surface area contributed by atoms with Crippen molar-refractivity contribution < 1.29 is 4.79 Å². The second-order valence-corrected chi connectivity index (χ2v) is 6.81. The van der Waals surface area contributed by atoms with Gasteiger partial charge in [0, 0.05) is 44.5 Å². The largest absolute Gasteiger partial charge is 0.347 e. The van der Waals surface area contributed by atoms with Crippen LogP contribution in [0.2, 0.25) is 0 Å². The predicted molar refractivity (Wildman–Crippen MR) is 87.1 cm³/mol. The summed E-state index contributed by atoms with van der Waals surface area (Å²) >= 11 is 0. The number of nitrogens with zero attached hydrogens (tertiary/aromatic N) is 4. The van der Waals surface area contributed by atoms with E-state index in [1.807, 2.05) is 6.20 Å². The number of amides is 1. The Hall–Kier alpha value is -2.15. The summed E-state index contributed by atoms with van der Waals surface area (Å²) in [5.74, 6) is 0.000617. The van der Waals surface area contributed by atoms with Crippen molar-refractivity contribution >= 4 is 5.91 Å². The second-order valence-electron chi connectivity index (χ2n) is 6.81. The van der Waals surface area contributed by atoms with Crippen molar-refractivity contribution in [3.8, 4) is 0 Å². The highest BCUT2D eigenvalue weighted by atomic mass is 16.2. The zero-order valence-electron chi connectivity index (χ0n) is 14.0. The number of aromatic amines is 2. The quantitative estimate of drug-likeness (QED) is 0.893. The van der Waals surface area contributed by atoms with Crippen LogP contribution in [0.1, 0.15) is 41.5 Å². The monoisotopic (exact) mass is 316 g/mol. The van der Waals surface area contributed by atoms with Crippen molar-refractivity contribution in [2.75, 3.05) is 27.2 Å². The molecule has 1 saturated heterocycles. The van der Waals surface area contributed by atoms with Crippen molar-refractivity contribution in [2.24, 2.45) is 0 Å². The summed E-state index contributed by atoms with van der Waals surface area (Å²) in [5, 5.41) is 7.23. The van der Waals surface area contributed by atoms with Crippen molar-refractivity contribution in [1.82, 2.24) is 30.0 Å². The molecular weight excluding hydrogens is 292 g/mol. The molecule has 23 heavy (non-hydrogen) atoms. The lowest BCUT2D eigenvalue weighted by Gasteiger charge is -2.40. The molecule has 1 aliphatic heterocycles. The first-order valence-corrected chi connectivity index (χ1v) is 7.95. The summed E-state index contributed by atoms with van der Waals surface area (Å²) in [6.45, 7) is 5.01. The van der Waals surface area contributed by atoms with Crippen LogP contribution in [0.4, 0.5) is 0 Å². The molecule has 0 aliphatic carbocycles. The van der Waals surface area contributed by atoms with Crippen LogP contribution in [0.3, 0.4) is 0 Å². The molecule has 124 valence electrons. The zero-order valence-corrected chi connectivity index (χ0v) is 14.0. The minimum Gasteiger partial charge on any atom is -0.347 e. The lowest BCUT2D eigenvalue weighted by atomic mass is 9.77. The molecule has 2 N–H and O–H groups in total. The van der Waals surface area contributed by atoms with Crippen molar-refractivity contribution in [1.29, 1.82) is 0 Å². The van der Waals surface area contributed by atoms with Gasteiger partial charge in [0.15, 0.2) is 0 Å². The number of nitrogens with one attached hydrogen (secondary N) is 2. The number of carbonyl (C=O) groups is 1. The van der Waals surface area contributed by atoms with Gasteiger partial charge in [-0.3, -0.25) is 14.8 Å². The first-order valence-electron chi connectivity index (χ1n) is 7.95. The van der Waals surface area contributed by atoms with E-state index in [0.717, 1.165) is 43.9 Å². The number of carbonyl (C=O) groups excluding carboxylic acids is 1. The molecule has 0 bridgehead atoms. The first kappa shape index (κ1) is 15.7. The van der Waals surface area contributed by atoms with E-state index < -0.39 is 0 Å². The summed E-state index contributed by atoms with van der Waals surface area (Å²) < 4.78 is 0. The standard InChI is InChI=1S/C16H24N6O/c1-16(14-13(8-19-20-14)15(23)21(2)3)5-4-6-22(10-16)9-12-7-17-11-18-12/h7-8,11H,4-6,9-10H2,1-3H3,(H,17,18)(H,19,20)/t16-/m1/s1. The smallest absolute Gasteiger partial charge is 0.256 e. The van der Waals surface area contributed by atoms with Crippen LogP contribution in [-0.2, 0) is 12.0 Å². The third-order valence-corrected chi connectivity index (χ3v) is 4.60.